The standard InChI is InChI=1S/C19H20N4O4S/c1-21-15(11-20-18(21)14-3-2-10-28-14)23-12-19(22-8-6-13(23)7-9-22)26-16(24)4-5-17(25)27-19/h2-5,10-11,13H,6-9,12H2,1H3. The summed E-state index contributed by atoms with van der Waals surface area (Å²) in [6.45, 7) is 1.63. The van der Waals surface area contributed by atoms with Crippen molar-refractivity contribution >= 4 is 29.1 Å². The Kier molecular flexibility index (Phi) is 4.02. The van der Waals surface area contributed by atoms with Crippen LogP contribution in [0, 0.1) is 0 Å². The highest BCUT2D eigenvalue weighted by Crippen LogP contribution is 2.37. The van der Waals surface area contributed by atoms with Crippen LogP contribution < -0.4 is 4.90 Å². The fraction of sp³-hybridized carbons (Fsp3) is 0.421. The van der Waals surface area contributed by atoms with Crippen molar-refractivity contribution in [3.63, 3.8) is 0 Å². The molecule has 0 radical (unpaired) electrons. The third kappa shape index (κ3) is 2.73. The second-order valence-corrected chi connectivity index (χ2v) is 8.16. The van der Waals surface area contributed by atoms with Crippen LogP contribution in [0.5, 0.6) is 0 Å². The van der Waals surface area contributed by atoms with Gasteiger partial charge in [0, 0.05) is 38.3 Å². The van der Waals surface area contributed by atoms with Crippen molar-refractivity contribution in [1.29, 1.82) is 0 Å². The molecule has 1 spiro atoms. The van der Waals surface area contributed by atoms with E-state index in [4.69, 9.17) is 9.47 Å². The first-order valence-electron chi connectivity index (χ1n) is 9.27. The van der Waals surface area contributed by atoms with Crippen LogP contribution >= 0.6 is 11.3 Å². The van der Waals surface area contributed by atoms with Crippen molar-refractivity contribution in [2.24, 2.45) is 7.05 Å². The third-order valence-corrected chi connectivity index (χ3v) is 6.50. The van der Waals surface area contributed by atoms with Crippen LogP contribution in [0.25, 0.3) is 10.7 Å². The number of piperidine rings is 1. The highest BCUT2D eigenvalue weighted by atomic mass is 32.1. The number of hydrogen-bond donors (Lipinski definition) is 0. The van der Waals surface area contributed by atoms with Crippen LogP contribution in [0.15, 0.2) is 35.9 Å². The quantitative estimate of drug-likeness (QED) is 0.711. The minimum atomic E-state index is -1.42. The number of rotatable bonds is 2. The lowest BCUT2D eigenvalue weighted by molar-refractivity contribution is -0.274. The van der Waals surface area contributed by atoms with E-state index >= 15 is 0 Å². The van der Waals surface area contributed by atoms with Crippen molar-refractivity contribution in [1.82, 2.24) is 14.5 Å². The van der Waals surface area contributed by atoms with Gasteiger partial charge in [-0.3, -0.25) is 0 Å². The Labute approximate surface area is 166 Å². The number of esters is 2. The van der Waals surface area contributed by atoms with E-state index in [0.29, 0.717) is 13.1 Å². The van der Waals surface area contributed by atoms with Crippen LogP contribution in [0.3, 0.4) is 0 Å². The van der Waals surface area contributed by atoms with Gasteiger partial charge in [0.2, 0.25) is 0 Å². The zero-order chi connectivity index (χ0) is 19.3. The molecule has 8 nitrogen and oxygen atoms in total. The molecule has 4 aliphatic heterocycles. The average molecular weight is 400 g/mol. The summed E-state index contributed by atoms with van der Waals surface area (Å²) in [6.07, 6.45) is 5.88. The smallest absolute Gasteiger partial charge is 0.339 e. The van der Waals surface area contributed by atoms with Crippen molar-refractivity contribution in [2.45, 2.75) is 24.8 Å². The molecule has 28 heavy (non-hydrogen) atoms. The number of anilines is 1. The zero-order valence-electron chi connectivity index (χ0n) is 15.4. The summed E-state index contributed by atoms with van der Waals surface area (Å²) in [5.74, 6) is -0.757. The predicted molar refractivity (Wildman–Crippen MR) is 103 cm³/mol. The minimum absolute atomic E-state index is 0.250. The highest BCUT2D eigenvalue weighted by Gasteiger charge is 2.52. The Balaban J connectivity index is 1.55. The summed E-state index contributed by atoms with van der Waals surface area (Å²) < 4.78 is 13.4. The lowest BCUT2D eigenvalue weighted by Crippen LogP contribution is -2.58. The number of ether oxygens (including phenoxy) is 2. The summed E-state index contributed by atoms with van der Waals surface area (Å²) in [6, 6.07) is 4.30. The molecule has 0 unspecified atom stereocenters. The topological polar surface area (TPSA) is 76.9 Å². The normalized spacial score (nSPS) is 26.1. The molecule has 3 fully saturated rings. The van der Waals surface area contributed by atoms with E-state index in [1.807, 2.05) is 40.2 Å². The first-order valence-corrected chi connectivity index (χ1v) is 10.1. The number of thiophene rings is 1. The van der Waals surface area contributed by atoms with E-state index in [-0.39, 0.29) is 12.6 Å². The second kappa shape index (κ2) is 6.46. The highest BCUT2D eigenvalue weighted by molar-refractivity contribution is 7.13. The summed E-state index contributed by atoms with van der Waals surface area (Å²) in [5.41, 5.74) is 0. The maximum atomic E-state index is 12.2. The lowest BCUT2D eigenvalue weighted by atomic mass is 10.1. The van der Waals surface area contributed by atoms with Crippen molar-refractivity contribution in [3.05, 3.63) is 35.9 Å². The molecule has 146 valence electrons. The van der Waals surface area contributed by atoms with E-state index in [1.165, 1.54) is 0 Å². The van der Waals surface area contributed by atoms with Crippen molar-refractivity contribution in [3.8, 4) is 10.7 Å². The van der Waals surface area contributed by atoms with Gasteiger partial charge in [0.05, 0.1) is 11.1 Å². The van der Waals surface area contributed by atoms with Gasteiger partial charge in [0.25, 0.3) is 0 Å². The van der Waals surface area contributed by atoms with Crippen molar-refractivity contribution in [2.75, 3.05) is 24.5 Å². The molecule has 0 saturated carbocycles. The first kappa shape index (κ1) is 17.4. The number of aromatic nitrogens is 2. The van der Waals surface area contributed by atoms with Gasteiger partial charge < -0.3 is 18.9 Å². The number of carbonyl (C=O) groups is 2. The van der Waals surface area contributed by atoms with Gasteiger partial charge in [-0.1, -0.05) is 6.07 Å². The largest absolute Gasteiger partial charge is 0.403 e. The monoisotopic (exact) mass is 400 g/mol. The molecule has 0 aliphatic carbocycles. The molecular formula is C19H20N4O4S. The fourth-order valence-electron chi connectivity index (χ4n) is 4.27. The zero-order valence-corrected chi connectivity index (χ0v) is 16.2. The third-order valence-electron chi connectivity index (χ3n) is 5.63. The Morgan fingerprint density at radius 2 is 1.89 bits per heavy atom. The van der Waals surface area contributed by atoms with Gasteiger partial charge in [-0.05, 0) is 24.3 Å². The first-order chi connectivity index (χ1) is 13.6. The van der Waals surface area contributed by atoms with E-state index in [1.54, 1.807) is 11.3 Å². The van der Waals surface area contributed by atoms with E-state index < -0.39 is 17.8 Å². The number of imidazole rings is 1. The number of nitrogens with zero attached hydrogens (tertiary/aromatic N) is 4. The Hall–Kier alpha value is -2.65. The van der Waals surface area contributed by atoms with E-state index in [2.05, 4.69) is 9.88 Å². The van der Waals surface area contributed by atoms with Crippen LogP contribution in [0.1, 0.15) is 12.8 Å². The maximum Gasteiger partial charge on any atom is 0.339 e. The Bertz CT molecular complexity index is 923. The van der Waals surface area contributed by atoms with Crippen LogP contribution in [0.4, 0.5) is 5.82 Å². The summed E-state index contributed by atoms with van der Waals surface area (Å²) >= 11 is 1.64. The Morgan fingerprint density at radius 3 is 2.54 bits per heavy atom. The lowest BCUT2D eigenvalue weighted by Gasteiger charge is -2.39. The maximum absolute atomic E-state index is 12.2. The van der Waals surface area contributed by atoms with Crippen LogP contribution in [0.2, 0.25) is 0 Å². The van der Waals surface area contributed by atoms with Crippen molar-refractivity contribution < 1.29 is 19.1 Å². The van der Waals surface area contributed by atoms with Gasteiger partial charge in [0.15, 0.2) is 5.82 Å². The van der Waals surface area contributed by atoms with E-state index in [9.17, 15) is 9.59 Å². The van der Waals surface area contributed by atoms with Gasteiger partial charge in [-0.2, -0.15) is 0 Å². The molecule has 2 aromatic heterocycles. The molecule has 2 bridgehead atoms. The molecule has 2 aromatic rings. The molecule has 0 amide bonds. The predicted octanol–water partition coefficient (Wildman–Crippen LogP) is 1.74. The molecule has 6 heterocycles. The molecular weight excluding hydrogens is 380 g/mol. The minimum Gasteiger partial charge on any atom is -0.403 e. The molecule has 3 saturated heterocycles. The number of hydrogen-bond acceptors (Lipinski definition) is 8. The van der Waals surface area contributed by atoms with Gasteiger partial charge in [-0.15, -0.1) is 11.3 Å². The summed E-state index contributed by atoms with van der Waals surface area (Å²) in [5, 5.41) is 2.02. The SMILES string of the molecule is Cn1c(N2CC3(OC(=O)C=CC(=O)O3)N3CCC2CC3)cnc1-c1cccs1. The second-order valence-electron chi connectivity index (χ2n) is 7.21. The molecule has 0 N–H and O–H groups in total. The molecule has 4 aliphatic rings. The van der Waals surface area contributed by atoms with Crippen LogP contribution in [-0.4, -0.2) is 58.0 Å². The molecule has 0 aromatic carbocycles. The van der Waals surface area contributed by atoms with Gasteiger partial charge in [0.1, 0.15) is 12.4 Å². The van der Waals surface area contributed by atoms with Crippen LogP contribution in [-0.2, 0) is 26.1 Å². The Morgan fingerprint density at radius 1 is 1.18 bits per heavy atom. The molecule has 6 rings (SSSR count). The molecule has 0 atom stereocenters. The van der Waals surface area contributed by atoms with Gasteiger partial charge >= 0.3 is 17.8 Å². The molecule has 9 heteroatoms. The number of carbonyl (C=O) groups excluding carboxylic acids is 2. The summed E-state index contributed by atoms with van der Waals surface area (Å²) in [7, 11) is 1.98. The van der Waals surface area contributed by atoms with Gasteiger partial charge in [-0.25, -0.2) is 19.5 Å². The summed E-state index contributed by atoms with van der Waals surface area (Å²) in [4.78, 5) is 34.1. The fourth-order valence-corrected chi connectivity index (χ4v) is 5.02. The van der Waals surface area contributed by atoms with E-state index in [0.717, 1.165) is 41.5 Å². The average Bonchev–Trinajstić information content (AvgIpc) is 3.25. The number of fused-ring (bicyclic) bond motifs is 3.